The average Bonchev–Trinajstić information content (AvgIpc) is 2.28. The van der Waals surface area contributed by atoms with Crippen LogP contribution in [-0.2, 0) is 0 Å². The number of nitrogens with two attached hydrogens (primary N) is 1. The van der Waals surface area contributed by atoms with Crippen LogP contribution in [0.1, 0.15) is 40.0 Å². The smallest absolute Gasteiger partial charge is 0.0198 e. The van der Waals surface area contributed by atoms with Gasteiger partial charge in [-0.05, 0) is 30.4 Å². The normalized spacial score (nSPS) is 13.4. The predicted molar refractivity (Wildman–Crippen MR) is 72.5 cm³/mol. The molecule has 0 aromatic rings. The average molecular weight is 232 g/mol. The summed E-state index contributed by atoms with van der Waals surface area (Å²) in [4.78, 5) is 0. The zero-order chi connectivity index (χ0) is 11.5. The van der Waals surface area contributed by atoms with E-state index in [1.165, 1.54) is 30.8 Å². The Labute approximate surface area is 99.8 Å². The second kappa shape index (κ2) is 10.8. The maximum Gasteiger partial charge on any atom is 0.0198 e. The number of hydrogen-bond acceptors (Lipinski definition) is 3. The van der Waals surface area contributed by atoms with Crippen molar-refractivity contribution in [3.63, 3.8) is 0 Å². The van der Waals surface area contributed by atoms with Crippen molar-refractivity contribution in [3.05, 3.63) is 0 Å². The molecule has 3 N–H and O–H groups in total. The molecular weight excluding hydrogens is 204 g/mol. The van der Waals surface area contributed by atoms with Crippen LogP contribution in [0, 0.1) is 5.92 Å². The van der Waals surface area contributed by atoms with Crippen molar-refractivity contribution in [1.29, 1.82) is 0 Å². The Kier molecular flexibility index (Phi) is 11.0. The fraction of sp³-hybridized carbons (Fsp3) is 1.00. The van der Waals surface area contributed by atoms with E-state index in [1.54, 1.807) is 0 Å². The molecule has 0 aromatic heterocycles. The van der Waals surface area contributed by atoms with E-state index in [2.05, 4.69) is 26.1 Å². The van der Waals surface area contributed by atoms with Crippen molar-refractivity contribution in [3.8, 4) is 0 Å². The Balaban J connectivity index is 3.59. The Morgan fingerprint density at radius 2 is 1.87 bits per heavy atom. The zero-order valence-electron chi connectivity index (χ0n) is 10.6. The highest BCUT2D eigenvalue weighted by Gasteiger charge is 2.08. The summed E-state index contributed by atoms with van der Waals surface area (Å²) in [5.74, 6) is 3.26. The Bertz CT molecular complexity index is 127. The maximum absolute atomic E-state index is 5.75. The molecule has 0 spiro atoms. The van der Waals surface area contributed by atoms with Gasteiger partial charge in [0.2, 0.25) is 0 Å². The molecule has 1 unspecified atom stereocenters. The largest absolute Gasteiger partial charge is 0.329 e. The second-order valence-electron chi connectivity index (χ2n) is 4.01. The van der Waals surface area contributed by atoms with E-state index < -0.39 is 0 Å². The third-order valence-electron chi connectivity index (χ3n) is 2.95. The van der Waals surface area contributed by atoms with Gasteiger partial charge in [0.1, 0.15) is 0 Å². The molecule has 0 rings (SSSR count). The Hall–Kier alpha value is 0.270. The first-order chi connectivity index (χ1) is 7.28. The topological polar surface area (TPSA) is 38.0 Å². The highest BCUT2D eigenvalue weighted by Crippen LogP contribution is 2.07. The number of thioether (sulfide) groups is 1. The van der Waals surface area contributed by atoms with Crippen molar-refractivity contribution < 1.29 is 0 Å². The second-order valence-corrected chi connectivity index (χ2v) is 5.40. The first-order valence-corrected chi connectivity index (χ1v) is 7.45. The van der Waals surface area contributed by atoms with Gasteiger partial charge in [-0.3, -0.25) is 0 Å². The quantitative estimate of drug-likeness (QED) is 0.568. The molecule has 15 heavy (non-hydrogen) atoms. The molecule has 92 valence electrons. The molecule has 0 radical (unpaired) electrons. The molecule has 0 amide bonds. The van der Waals surface area contributed by atoms with E-state index >= 15 is 0 Å². The first-order valence-electron chi connectivity index (χ1n) is 6.29. The summed E-state index contributed by atoms with van der Waals surface area (Å²) < 4.78 is 0. The molecular formula is C12H28N2S. The van der Waals surface area contributed by atoms with Crippen LogP contribution in [0.25, 0.3) is 0 Å². The molecule has 3 heteroatoms. The van der Waals surface area contributed by atoms with Gasteiger partial charge < -0.3 is 11.1 Å². The van der Waals surface area contributed by atoms with E-state index in [0.29, 0.717) is 6.04 Å². The number of rotatable bonds is 10. The highest BCUT2D eigenvalue weighted by molar-refractivity contribution is 7.99. The fourth-order valence-electron chi connectivity index (χ4n) is 1.58. The molecule has 0 aromatic carbocycles. The summed E-state index contributed by atoms with van der Waals surface area (Å²) in [6, 6.07) is 0.518. The molecule has 0 bridgehead atoms. The molecule has 1 atom stereocenters. The summed E-state index contributed by atoms with van der Waals surface area (Å²) in [6.45, 7) is 8.64. The van der Waals surface area contributed by atoms with Crippen LogP contribution < -0.4 is 11.1 Å². The van der Waals surface area contributed by atoms with Crippen LogP contribution in [0.4, 0.5) is 0 Å². The summed E-state index contributed by atoms with van der Waals surface area (Å²) in [5, 5.41) is 3.59. The minimum atomic E-state index is 0.518. The lowest BCUT2D eigenvalue weighted by Crippen LogP contribution is -2.39. The van der Waals surface area contributed by atoms with Crippen molar-refractivity contribution in [2.24, 2.45) is 11.7 Å². The zero-order valence-corrected chi connectivity index (χ0v) is 11.4. The van der Waals surface area contributed by atoms with Crippen LogP contribution in [0.2, 0.25) is 0 Å². The number of hydrogen-bond donors (Lipinski definition) is 2. The molecule has 0 fully saturated rings. The standard InChI is InChI=1S/C12H28N2S/c1-4-11(5-2)10-14-12(9-13)7-8-15-6-3/h11-12,14H,4-10,13H2,1-3H3. The molecule has 0 saturated carbocycles. The third kappa shape index (κ3) is 8.12. The molecule has 0 saturated heterocycles. The van der Waals surface area contributed by atoms with Gasteiger partial charge in [0.25, 0.3) is 0 Å². The predicted octanol–water partition coefficient (Wildman–Crippen LogP) is 2.48. The SMILES string of the molecule is CCSCCC(CN)NCC(CC)CC. The first kappa shape index (κ1) is 15.3. The van der Waals surface area contributed by atoms with Gasteiger partial charge in [-0.25, -0.2) is 0 Å². The minimum absolute atomic E-state index is 0.518. The van der Waals surface area contributed by atoms with Gasteiger partial charge in [0.05, 0.1) is 0 Å². The van der Waals surface area contributed by atoms with E-state index in [-0.39, 0.29) is 0 Å². The minimum Gasteiger partial charge on any atom is -0.329 e. The highest BCUT2D eigenvalue weighted by atomic mass is 32.2. The van der Waals surface area contributed by atoms with Crippen LogP contribution in [0.15, 0.2) is 0 Å². The van der Waals surface area contributed by atoms with Gasteiger partial charge >= 0.3 is 0 Å². The van der Waals surface area contributed by atoms with E-state index in [0.717, 1.165) is 19.0 Å². The lowest BCUT2D eigenvalue weighted by molar-refractivity contribution is 0.405. The van der Waals surface area contributed by atoms with Gasteiger partial charge in [-0.15, -0.1) is 0 Å². The van der Waals surface area contributed by atoms with E-state index in [4.69, 9.17) is 5.73 Å². The molecule has 0 aliphatic rings. The summed E-state index contributed by atoms with van der Waals surface area (Å²) in [5.41, 5.74) is 5.75. The Morgan fingerprint density at radius 1 is 1.20 bits per heavy atom. The van der Waals surface area contributed by atoms with Crippen LogP contribution >= 0.6 is 11.8 Å². The van der Waals surface area contributed by atoms with Crippen molar-refractivity contribution in [2.45, 2.75) is 46.1 Å². The summed E-state index contributed by atoms with van der Waals surface area (Å²) in [7, 11) is 0. The molecule has 2 nitrogen and oxygen atoms in total. The van der Waals surface area contributed by atoms with Crippen molar-refractivity contribution >= 4 is 11.8 Å². The van der Waals surface area contributed by atoms with Crippen LogP contribution in [-0.4, -0.2) is 30.6 Å². The fourth-order valence-corrected chi connectivity index (χ4v) is 2.32. The Morgan fingerprint density at radius 3 is 2.33 bits per heavy atom. The van der Waals surface area contributed by atoms with Gasteiger partial charge in [0.15, 0.2) is 0 Å². The van der Waals surface area contributed by atoms with Gasteiger partial charge in [-0.2, -0.15) is 11.8 Å². The third-order valence-corrected chi connectivity index (χ3v) is 3.88. The lowest BCUT2D eigenvalue weighted by Gasteiger charge is -2.20. The summed E-state index contributed by atoms with van der Waals surface area (Å²) in [6.07, 6.45) is 3.74. The lowest BCUT2D eigenvalue weighted by atomic mass is 10.0. The van der Waals surface area contributed by atoms with Crippen LogP contribution in [0.3, 0.4) is 0 Å². The van der Waals surface area contributed by atoms with E-state index in [9.17, 15) is 0 Å². The van der Waals surface area contributed by atoms with E-state index in [1.807, 2.05) is 11.8 Å². The van der Waals surface area contributed by atoms with Crippen LogP contribution in [0.5, 0.6) is 0 Å². The molecule has 0 aliphatic carbocycles. The number of nitrogens with one attached hydrogen (secondary N) is 1. The molecule has 0 aliphatic heterocycles. The summed E-state index contributed by atoms with van der Waals surface area (Å²) >= 11 is 2.00. The molecule has 0 heterocycles. The van der Waals surface area contributed by atoms with Gasteiger partial charge in [-0.1, -0.05) is 33.6 Å². The van der Waals surface area contributed by atoms with Crippen molar-refractivity contribution in [1.82, 2.24) is 5.32 Å². The van der Waals surface area contributed by atoms with Crippen molar-refractivity contribution in [2.75, 3.05) is 24.6 Å². The van der Waals surface area contributed by atoms with Gasteiger partial charge in [0, 0.05) is 12.6 Å². The maximum atomic E-state index is 5.75. The monoisotopic (exact) mass is 232 g/mol.